The van der Waals surface area contributed by atoms with Gasteiger partial charge in [-0.2, -0.15) is 4.72 Å². The van der Waals surface area contributed by atoms with Gasteiger partial charge in [-0.15, -0.1) is 0 Å². The summed E-state index contributed by atoms with van der Waals surface area (Å²) in [6, 6.07) is 10.3. The Morgan fingerprint density at radius 2 is 1.68 bits per heavy atom. The largest absolute Gasteiger partial charge is 0.325 e. The van der Waals surface area contributed by atoms with Gasteiger partial charge in [0.25, 0.3) is 0 Å². The van der Waals surface area contributed by atoms with Gasteiger partial charge in [0.1, 0.15) is 16.8 Å². The lowest BCUT2D eigenvalue weighted by atomic mass is 10.0. The van der Waals surface area contributed by atoms with Crippen molar-refractivity contribution in [3.63, 3.8) is 0 Å². The zero-order chi connectivity index (χ0) is 18.6. The van der Waals surface area contributed by atoms with Crippen molar-refractivity contribution in [2.45, 2.75) is 24.8 Å². The Balaban J connectivity index is 2.21. The van der Waals surface area contributed by atoms with Gasteiger partial charge < -0.3 is 5.32 Å². The number of carbonyl (C=O) groups is 1. The van der Waals surface area contributed by atoms with Crippen molar-refractivity contribution in [1.29, 1.82) is 0 Å². The molecule has 0 heterocycles. The molecule has 1 atom stereocenters. The lowest BCUT2D eigenvalue weighted by molar-refractivity contribution is -0.118. The first-order valence-corrected chi connectivity index (χ1v) is 9.40. The summed E-state index contributed by atoms with van der Waals surface area (Å²) in [5.41, 5.74) is 0.477. The van der Waals surface area contributed by atoms with Crippen LogP contribution in [0, 0.1) is 11.7 Å². The second-order valence-electron chi connectivity index (χ2n) is 5.77. The third kappa shape index (κ3) is 5.01. The van der Waals surface area contributed by atoms with Crippen molar-refractivity contribution in [2.75, 3.05) is 5.32 Å². The molecule has 2 aromatic carbocycles. The highest BCUT2D eigenvalue weighted by atomic mass is 35.5. The average molecular weight is 385 g/mol. The number of hydrogen-bond donors (Lipinski definition) is 2. The molecule has 0 aliphatic heterocycles. The van der Waals surface area contributed by atoms with Crippen molar-refractivity contribution < 1.29 is 17.6 Å². The fraction of sp³-hybridized carbons (Fsp3) is 0.235. The number of sulfonamides is 1. The highest BCUT2D eigenvalue weighted by Gasteiger charge is 2.29. The summed E-state index contributed by atoms with van der Waals surface area (Å²) in [5.74, 6) is -1.78. The lowest BCUT2D eigenvalue weighted by Gasteiger charge is -2.21. The van der Waals surface area contributed by atoms with E-state index in [2.05, 4.69) is 10.0 Å². The predicted octanol–water partition coefficient (Wildman–Crippen LogP) is 3.42. The van der Waals surface area contributed by atoms with E-state index in [-0.39, 0.29) is 5.92 Å². The highest BCUT2D eigenvalue weighted by Crippen LogP contribution is 2.17. The lowest BCUT2D eigenvalue weighted by Crippen LogP contribution is -2.47. The molecule has 1 amide bonds. The van der Waals surface area contributed by atoms with Crippen LogP contribution >= 0.6 is 11.6 Å². The van der Waals surface area contributed by atoms with E-state index in [4.69, 9.17) is 11.6 Å². The van der Waals surface area contributed by atoms with Crippen LogP contribution in [-0.2, 0) is 14.8 Å². The van der Waals surface area contributed by atoms with Gasteiger partial charge in [0, 0.05) is 10.7 Å². The molecule has 0 aliphatic rings. The van der Waals surface area contributed by atoms with Gasteiger partial charge in [-0.05, 0) is 42.3 Å². The van der Waals surface area contributed by atoms with Crippen molar-refractivity contribution in [2.24, 2.45) is 5.92 Å². The molecular formula is C17H18ClFN2O3S. The third-order valence-corrected chi connectivity index (χ3v) is 5.20. The molecule has 2 N–H and O–H groups in total. The highest BCUT2D eigenvalue weighted by molar-refractivity contribution is 7.89. The zero-order valence-electron chi connectivity index (χ0n) is 13.7. The van der Waals surface area contributed by atoms with Gasteiger partial charge in [-0.3, -0.25) is 4.79 Å². The van der Waals surface area contributed by atoms with Gasteiger partial charge in [0.15, 0.2) is 0 Å². The molecule has 0 saturated heterocycles. The molecule has 2 aromatic rings. The van der Waals surface area contributed by atoms with Crippen LogP contribution in [0.2, 0.25) is 5.02 Å². The number of nitrogens with one attached hydrogen (secondary N) is 2. The standard InChI is InChI=1S/C17H18ClFN2O3S/c1-11(2)16(17(22)20-13-9-7-12(18)8-10-13)21-25(23,24)15-6-4-3-5-14(15)19/h3-11,16,21H,1-2H3,(H,20,22). The number of benzene rings is 2. The first kappa shape index (κ1) is 19.4. The molecular weight excluding hydrogens is 367 g/mol. The summed E-state index contributed by atoms with van der Waals surface area (Å²) in [7, 11) is -4.19. The maximum atomic E-state index is 13.8. The smallest absolute Gasteiger partial charge is 0.244 e. The Morgan fingerprint density at radius 1 is 1.08 bits per heavy atom. The van der Waals surface area contributed by atoms with Crippen molar-refractivity contribution >= 4 is 33.2 Å². The van der Waals surface area contributed by atoms with Crippen molar-refractivity contribution in [3.05, 3.63) is 59.4 Å². The van der Waals surface area contributed by atoms with E-state index in [9.17, 15) is 17.6 Å². The molecule has 0 radical (unpaired) electrons. The minimum absolute atomic E-state index is 0.353. The summed E-state index contributed by atoms with van der Waals surface area (Å²) >= 11 is 5.79. The monoisotopic (exact) mass is 384 g/mol. The SMILES string of the molecule is CC(C)C(NS(=O)(=O)c1ccccc1F)C(=O)Nc1ccc(Cl)cc1. The summed E-state index contributed by atoms with van der Waals surface area (Å²) < 4.78 is 40.9. The Hall–Kier alpha value is -1.96. The maximum absolute atomic E-state index is 13.8. The zero-order valence-corrected chi connectivity index (χ0v) is 15.2. The number of amides is 1. The van der Waals surface area contributed by atoms with Crippen LogP contribution in [0.4, 0.5) is 10.1 Å². The molecule has 25 heavy (non-hydrogen) atoms. The molecule has 2 rings (SSSR count). The molecule has 8 heteroatoms. The molecule has 0 spiro atoms. The van der Waals surface area contributed by atoms with E-state index < -0.39 is 32.7 Å². The van der Waals surface area contributed by atoms with Gasteiger partial charge >= 0.3 is 0 Å². The molecule has 0 aliphatic carbocycles. The number of anilines is 1. The number of carbonyl (C=O) groups excluding carboxylic acids is 1. The van der Waals surface area contributed by atoms with E-state index in [1.165, 1.54) is 12.1 Å². The predicted molar refractivity (Wildman–Crippen MR) is 95.4 cm³/mol. The van der Waals surface area contributed by atoms with E-state index in [1.807, 2.05) is 0 Å². The van der Waals surface area contributed by atoms with Crippen LogP contribution in [0.3, 0.4) is 0 Å². The van der Waals surface area contributed by atoms with Gasteiger partial charge in [0.05, 0.1) is 0 Å². The molecule has 1 unspecified atom stereocenters. The molecule has 0 bridgehead atoms. The normalized spacial score (nSPS) is 12.8. The maximum Gasteiger partial charge on any atom is 0.244 e. The van der Waals surface area contributed by atoms with Crippen LogP contribution in [0.5, 0.6) is 0 Å². The van der Waals surface area contributed by atoms with Crippen LogP contribution in [0.15, 0.2) is 53.4 Å². The van der Waals surface area contributed by atoms with Crippen LogP contribution < -0.4 is 10.0 Å². The minimum Gasteiger partial charge on any atom is -0.325 e. The van der Waals surface area contributed by atoms with E-state index in [0.29, 0.717) is 10.7 Å². The minimum atomic E-state index is -4.19. The quantitative estimate of drug-likeness (QED) is 0.801. The average Bonchev–Trinajstić information content (AvgIpc) is 2.54. The first-order chi connectivity index (χ1) is 11.7. The number of halogens is 2. The molecule has 0 saturated carbocycles. The van der Waals surface area contributed by atoms with Gasteiger partial charge in [0.2, 0.25) is 15.9 Å². The molecule has 5 nitrogen and oxygen atoms in total. The summed E-state index contributed by atoms with van der Waals surface area (Å²) in [6.45, 7) is 3.38. The summed E-state index contributed by atoms with van der Waals surface area (Å²) in [4.78, 5) is 12.0. The van der Waals surface area contributed by atoms with Crippen LogP contribution in [-0.4, -0.2) is 20.4 Å². The molecule has 134 valence electrons. The summed E-state index contributed by atoms with van der Waals surface area (Å²) in [5, 5.41) is 3.13. The van der Waals surface area contributed by atoms with Crippen molar-refractivity contribution in [1.82, 2.24) is 4.72 Å². The fourth-order valence-corrected chi connectivity index (χ4v) is 3.69. The van der Waals surface area contributed by atoms with Gasteiger partial charge in [-0.1, -0.05) is 37.6 Å². The molecule has 0 fully saturated rings. The number of hydrogen-bond acceptors (Lipinski definition) is 3. The fourth-order valence-electron chi connectivity index (χ4n) is 2.14. The third-order valence-electron chi connectivity index (χ3n) is 3.47. The Morgan fingerprint density at radius 3 is 2.24 bits per heavy atom. The summed E-state index contributed by atoms with van der Waals surface area (Å²) in [6.07, 6.45) is 0. The van der Waals surface area contributed by atoms with Gasteiger partial charge in [-0.25, -0.2) is 12.8 Å². The van der Waals surface area contributed by atoms with E-state index in [0.717, 1.165) is 12.1 Å². The van der Waals surface area contributed by atoms with Crippen LogP contribution in [0.25, 0.3) is 0 Å². The Kier molecular flexibility index (Phi) is 6.16. The topological polar surface area (TPSA) is 75.3 Å². The Labute approximate surface area is 151 Å². The first-order valence-electron chi connectivity index (χ1n) is 7.54. The number of rotatable bonds is 6. The van der Waals surface area contributed by atoms with E-state index in [1.54, 1.807) is 38.1 Å². The van der Waals surface area contributed by atoms with E-state index >= 15 is 0 Å². The van der Waals surface area contributed by atoms with Crippen molar-refractivity contribution in [3.8, 4) is 0 Å². The second kappa shape index (κ2) is 7.95. The Bertz CT molecular complexity index is 854. The van der Waals surface area contributed by atoms with Crippen LogP contribution in [0.1, 0.15) is 13.8 Å². The molecule has 0 aromatic heterocycles. The second-order valence-corrected chi connectivity index (χ2v) is 7.89.